The maximum Gasteiger partial charge on any atom is 0.261 e. The molecule has 1 aromatic rings. The van der Waals surface area contributed by atoms with Gasteiger partial charge in [-0.3, -0.25) is 4.79 Å². The number of carbonyl (C=O) groups is 1. The van der Waals surface area contributed by atoms with Crippen LogP contribution in [0.3, 0.4) is 0 Å². The predicted molar refractivity (Wildman–Crippen MR) is 87.1 cm³/mol. The second kappa shape index (κ2) is 6.72. The fourth-order valence-electron chi connectivity index (χ4n) is 2.06. The van der Waals surface area contributed by atoms with Gasteiger partial charge in [0.05, 0.1) is 9.87 Å². The zero-order valence-electron chi connectivity index (χ0n) is 10.9. The number of thiophene rings is 1. The minimum atomic E-state index is 0.00694. The van der Waals surface area contributed by atoms with Gasteiger partial charge in [0, 0.05) is 23.1 Å². The Hall–Kier alpha value is -0.590. The molecule has 0 aliphatic carbocycles. The summed E-state index contributed by atoms with van der Waals surface area (Å²) in [6.45, 7) is 2.03. The number of hydrogen-bond donors (Lipinski definition) is 2. The quantitative estimate of drug-likeness (QED) is 0.821. The highest BCUT2D eigenvalue weighted by Gasteiger charge is 2.19. The first-order valence-electron chi connectivity index (χ1n) is 6.38. The largest absolute Gasteiger partial charge is 0.393 e. The molecule has 0 spiro atoms. The molecule has 2 rings (SSSR count). The first-order valence-corrected chi connectivity index (χ1v) is 8.76. The lowest BCUT2D eigenvalue weighted by molar-refractivity contribution is 0.0941. The Morgan fingerprint density at radius 1 is 1.63 bits per heavy atom. The highest BCUT2D eigenvalue weighted by molar-refractivity contribution is 7.98. The Morgan fingerprint density at radius 3 is 3.05 bits per heavy atom. The van der Waals surface area contributed by atoms with Crippen molar-refractivity contribution in [2.24, 2.45) is 5.73 Å². The maximum absolute atomic E-state index is 12.2. The van der Waals surface area contributed by atoms with Gasteiger partial charge in [0.2, 0.25) is 0 Å². The molecule has 0 radical (unpaired) electrons. The van der Waals surface area contributed by atoms with Crippen LogP contribution in [0, 0.1) is 0 Å². The van der Waals surface area contributed by atoms with Crippen LogP contribution in [0.1, 0.15) is 39.9 Å². The SMILES string of the molecule is CCC(CC(N)=S)NC(=O)c1cc2c(s1)CCSC2. The van der Waals surface area contributed by atoms with Gasteiger partial charge in [-0.05, 0) is 30.2 Å². The standard InChI is InChI=1S/C13H18N2OS3/c1-2-9(6-12(14)17)15-13(16)11-5-8-7-18-4-3-10(8)19-11/h5,9H,2-4,6-7H2,1H3,(H2,14,17)(H,15,16). The summed E-state index contributed by atoms with van der Waals surface area (Å²) in [5, 5.41) is 3.02. The van der Waals surface area contributed by atoms with Crippen molar-refractivity contribution < 1.29 is 4.79 Å². The minimum absolute atomic E-state index is 0.00694. The number of carbonyl (C=O) groups excluding carboxylic acids is 1. The number of nitrogens with one attached hydrogen (secondary N) is 1. The van der Waals surface area contributed by atoms with Gasteiger partial charge in [0.1, 0.15) is 0 Å². The van der Waals surface area contributed by atoms with Crippen LogP contribution in [0.15, 0.2) is 6.07 Å². The molecule has 3 nitrogen and oxygen atoms in total. The van der Waals surface area contributed by atoms with Crippen molar-refractivity contribution in [2.75, 3.05) is 5.75 Å². The van der Waals surface area contributed by atoms with Crippen LogP contribution in [0.5, 0.6) is 0 Å². The molecule has 1 aliphatic rings. The summed E-state index contributed by atoms with van der Waals surface area (Å²) in [5.74, 6) is 2.20. The molecular formula is C13H18N2OS3. The van der Waals surface area contributed by atoms with Crippen molar-refractivity contribution in [3.05, 3.63) is 21.4 Å². The number of thiocarbonyl (C=S) groups is 1. The molecule has 0 saturated carbocycles. The van der Waals surface area contributed by atoms with Crippen LogP contribution < -0.4 is 11.1 Å². The molecule has 0 fully saturated rings. The molecule has 1 aliphatic heterocycles. The van der Waals surface area contributed by atoms with Crippen molar-refractivity contribution in [1.29, 1.82) is 0 Å². The molecule has 0 saturated heterocycles. The molecule has 1 unspecified atom stereocenters. The van der Waals surface area contributed by atoms with E-state index in [0.717, 1.165) is 29.2 Å². The van der Waals surface area contributed by atoms with E-state index < -0.39 is 0 Å². The molecule has 19 heavy (non-hydrogen) atoms. The Bertz CT molecular complexity index is 461. The monoisotopic (exact) mass is 314 g/mol. The predicted octanol–water partition coefficient (Wildman–Crippen LogP) is 2.72. The summed E-state index contributed by atoms with van der Waals surface area (Å²) in [5.41, 5.74) is 6.87. The summed E-state index contributed by atoms with van der Waals surface area (Å²) < 4.78 is 0. The van der Waals surface area contributed by atoms with Crippen LogP contribution in [-0.2, 0) is 12.2 Å². The molecule has 0 bridgehead atoms. The Balaban J connectivity index is 2.02. The van der Waals surface area contributed by atoms with E-state index in [1.54, 1.807) is 11.3 Å². The van der Waals surface area contributed by atoms with E-state index >= 15 is 0 Å². The van der Waals surface area contributed by atoms with Crippen LogP contribution in [-0.4, -0.2) is 22.7 Å². The zero-order chi connectivity index (χ0) is 13.8. The zero-order valence-corrected chi connectivity index (χ0v) is 13.4. The van der Waals surface area contributed by atoms with Crippen LogP contribution in [0.25, 0.3) is 0 Å². The minimum Gasteiger partial charge on any atom is -0.393 e. The first kappa shape index (κ1) is 14.8. The van der Waals surface area contributed by atoms with Gasteiger partial charge < -0.3 is 11.1 Å². The molecule has 3 N–H and O–H groups in total. The van der Waals surface area contributed by atoms with E-state index in [-0.39, 0.29) is 11.9 Å². The van der Waals surface area contributed by atoms with E-state index in [9.17, 15) is 4.79 Å². The first-order chi connectivity index (χ1) is 9.10. The average molecular weight is 315 g/mol. The molecule has 0 aromatic carbocycles. The molecule has 1 aromatic heterocycles. The number of rotatable bonds is 5. The number of amides is 1. The van der Waals surface area contributed by atoms with Gasteiger partial charge in [0.15, 0.2) is 0 Å². The highest BCUT2D eigenvalue weighted by atomic mass is 32.2. The lowest BCUT2D eigenvalue weighted by atomic mass is 10.1. The van der Waals surface area contributed by atoms with E-state index in [0.29, 0.717) is 11.4 Å². The van der Waals surface area contributed by atoms with E-state index in [4.69, 9.17) is 18.0 Å². The van der Waals surface area contributed by atoms with Gasteiger partial charge in [-0.1, -0.05) is 19.1 Å². The third kappa shape index (κ3) is 3.94. The van der Waals surface area contributed by atoms with Crippen molar-refractivity contribution in [2.45, 2.75) is 38.0 Å². The van der Waals surface area contributed by atoms with Gasteiger partial charge in [0.25, 0.3) is 5.91 Å². The van der Waals surface area contributed by atoms with Crippen LogP contribution >= 0.6 is 35.3 Å². The number of hydrogen-bond acceptors (Lipinski definition) is 4. The molecule has 104 valence electrons. The van der Waals surface area contributed by atoms with Gasteiger partial charge >= 0.3 is 0 Å². The summed E-state index contributed by atoms with van der Waals surface area (Å²) in [6.07, 6.45) is 2.49. The summed E-state index contributed by atoms with van der Waals surface area (Å²) in [7, 11) is 0. The number of fused-ring (bicyclic) bond motifs is 1. The second-order valence-corrected chi connectivity index (χ2v) is 7.38. The molecule has 1 atom stereocenters. The number of nitrogens with two attached hydrogens (primary N) is 1. The van der Waals surface area contributed by atoms with Crippen LogP contribution in [0.2, 0.25) is 0 Å². The van der Waals surface area contributed by atoms with Crippen molar-refractivity contribution in [3.63, 3.8) is 0 Å². The third-order valence-electron chi connectivity index (χ3n) is 3.13. The van der Waals surface area contributed by atoms with E-state index in [1.165, 1.54) is 10.4 Å². The van der Waals surface area contributed by atoms with Crippen molar-refractivity contribution in [1.82, 2.24) is 5.32 Å². The lowest BCUT2D eigenvalue weighted by Gasteiger charge is -2.15. The smallest absolute Gasteiger partial charge is 0.261 e. The molecule has 2 heterocycles. The molecular weight excluding hydrogens is 296 g/mol. The van der Waals surface area contributed by atoms with Crippen molar-refractivity contribution >= 4 is 46.2 Å². The molecule has 6 heteroatoms. The normalized spacial score (nSPS) is 15.6. The fourth-order valence-corrected chi connectivity index (χ4v) is 4.53. The highest BCUT2D eigenvalue weighted by Crippen LogP contribution is 2.31. The second-order valence-electron chi connectivity index (χ2n) is 4.61. The van der Waals surface area contributed by atoms with Gasteiger partial charge in [-0.25, -0.2) is 0 Å². The fraction of sp³-hybridized carbons (Fsp3) is 0.538. The topological polar surface area (TPSA) is 55.1 Å². The average Bonchev–Trinajstić information content (AvgIpc) is 2.81. The Morgan fingerprint density at radius 2 is 2.42 bits per heavy atom. The number of thioether (sulfide) groups is 1. The summed E-state index contributed by atoms with van der Waals surface area (Å²) in [4.78, 5) is 14.9. The summed E-state index contributed by atoms with van der Waals surface area (Å²) in [6, 6.07) is 2.08. The van der Waals surface area contributed by atoms with Gasteiger partial charge in [-0.2, -0.15) is 11.8 Å². The Kier molecular flexibility index (Phi) is 5.24. The third-order valence-corrected chi connectivity index (χ3v) is 5.54. The summed E-state index contributed by atoms with van der Waals surface area (Å²) >= 11 is 8.46. The van der Waals surface area contributed by atoms with E-state index in [2.05, 4.69) is 5.32 Å². The van der Waals surface area contributed by atoms with Crippen molar-refractivity contribution in [3.8, 4) is 0 Å². The Labute approximate surface area is 127 Å². The number of aryl methyl sites for hydroxylation is 1. The van der Waals surface area contributed by atoms with Gasteiger partial charge in [-0.15, -0.1) is 11.3 Å². The maximum atomic E-state index is 12.2. The lowest BCUT2D eigenvalue weighted by Crippen LogP contribution is -2.36. The van der Waals surface area contributed by atoms with E-state index in [1.807, 2.05) is 24.8 Å². The molecule has 1 amide bonds. The van der Waals surface area contributed by atoms with Crippen LogP contribution in [0.4, 0.5) is 0 Å².